The Morgan fingerprint density at radius 2 is 2.56 bits per heavy atom. The standard InChI is InChI=1S/C10H14N4OS/c1-2-7-5-16-10(13-8(7)3-1)11-4-9-12-6-15-14-9/h6-8H,1-5H2,(H,11,13). The molecule has 0 spiro atoms. The summed E-state index contributed by atoms with van der Waals surface area (Å²) in [6, 6.07) is 0.644. The first-order chi connectivity index (χ1) is 7.92. The zero-order chi connectivity index (χ0) is 10.8. The van der Waals surface area contributed by atoms with Crippen LogP contribution in [0.3, 0.4) is 0 Å². The second-order valence-corrected chi connectivity index (χ2v) is 5.23. The summed E-state index contributed by atoms with van der Waals surface area (Å²) in [5.41, 5.74) is 0. The van der Waals surface area contributed by atoms with E-state index in [1.54, 1.807) is 0 Å². The van der Waals surface area contributed by atoms with Gasteiger partial charge >= 0.3 is 0 Å². The molecule has 2 unspecified atom stereocenters. The maximum absolute atomic E-state index is 4.67. The molecule has 1 saturated carbocycles. The molecule has 0 radical (unpaired) electrons. The van der Waals surface area contributed by atoms with Gasteiger partial charge in [0, 0.05) is 11.8 Å². The van der Waals surface area contributed by atoms with E-state index in [-0.39, 0.29) is 0 Å². The number of rotatable bonds is 2. The maximum atomic E-state index is 4.67. The lowest BCUT2D eigenvalue weighted by atomic mass is 10.1. The number of aromatic nitrogens is 2. The molecule has 2 aliphatic rings. The van der Waals surface area contributed by atoms with Crippen LogP contribution in [0.25, 0.3) is 0 Å². The van der Waals surface area contributed by atoms with Crippen molar-refractivity contribution in [3.63, 3.8) is 0 Å². The van der Waals surface area contributed by atoms with Crippen LogP contribution >= 0.6 is 11.8 Å². The first-order valence-electron chi connectivity index (χ1n) is 5.61. The van der Waals surface area contributed by atoms with Gasteiger partial charge in [-0.15, -0.1) is 0 Å². The minimum absolute atomic E-state index is 0.503. The van der Waals surface area contributed by atoms with Crippen LogP contribution in [-0.4, -0.2) is 27.1 Å². The summed E-state index contributed by atoms with van der Waals surface area (Å²) in [6.45, 7) is 0.503. The number of amidine groups is 1. The highest BCUT2D eigenvalue weighted by Gasteiger charge is 2.31. The van der Waals surface area contributed by atoms with Gasteiger partial charge < -0.3 is 9.84 Å². The molecule has 0 bridgehead atoms. The molecule has 6 heteroatoms. The van der Waals surface area contributed by atoms with Crippen LogP contribution in [0.2, 0.25) is 0 Å². The molecule has 2 heterocycles. The molecule has 1 saturated heterocycles. The molecular weight excluding hydrogens is 224 g/mol. The Bertz CT molecular complexity index is 378. The molecule has 3 rings (SSSR count). The molecule has 0 aromatic carbocycles. The van der Waals surface area contributed by atoms with Gasteiger partial charge in [-0.1, -0.05) is 23.3 Å². The van der Waals surface area contributed by atoms with Crippen LogP contribution in [0.5, 0.6) is 0 Å². The monoisotopic (exact) mass is 238 g/mol. The molecular formula is C10H14N4OS. The van der Waals surface area contributed by atoms with Crippen molar-refractivity contribution in [3.8, 4) is 0 Å². The lowest BCUT2D eigenvalue weighted by Crippen LogP contribution is -2.41. The van der Waals surface area contributed by atoms with E-state index in [4.69, 9.17) is 0 Å². The highest BCUT2D eigenvalue weighted by atomic mass is 32.2. The van der Waals surface area contributed by atoms with E-state index in [1.807, 2.05) is 11.8 Å². The second-order valence-electron chi connectivity index (χ2n) is 4.22. The SMILES string of the molecule is c1nc(CN=C2NC3CCCC3CS2)no1. The zero-order valence-electron chi connectivity index (χ0n) is 8.93. The Balaban J connectivity index is 1.61. The molecule has 0 amide bonds. The number of nitrogens with zero attached hydrogens (tertiary/aromatic N) is 3. The van der Waals surface area contributed by atoms with Crippen LogP contribution in [0, 0.1) is 5.92 Å². The van der Waals surface area contributed by atoms with Crippen molar-refractivity contribution >= 4 is 16.9 Å². The lowest BCUT2D eigenvalue weighted by Gasteiger charge is -2.27. The summed E-state index contributed by atoms with van der Waals surface area (Å²) >= 11 is 1.81. The molecule has 1 aromatic rings. The fraction of sp³-hybridized carbons (Fsp3) is 0.700. The number of fused-ring (bicyclic) bond motifs is 1. The summed E-state index contributed by atoms with van der Waals surface area (Å²) in [5, 5.41) is 8.28. The zero-order valence-corrected chi connectivity index (χ0v) is 9.74. The molecule has 1 aromatic heterocycles. The van der Waals surface area contributed by atoms with Crippen molar-refractivity contribution < 1.29 is 4.52 Å². The fourth-order valence-electron chi connectivity index (χ4n) is 2.31. The van der Waals surface area contributed by atoms with E-state index < -0.39 is 0 Å². The van der Waals surface area contributed by atoms with Crippen molar-refractivity contribution in [2.24, 2.45) is 10.9 Å². The molecule has 86 valence electrons. The number of nitrogens with one attached hydrogen (secondary N) is 1. The summed E-state index contributed by atoms with van der Waals surface area (Å²) in [7, 11) is 0. The third kappa shape index (κ3) is 2.07. The fourth-order valence-corrected chi connectivity index (χ4v) is 3.47. The first-order valence-corrected chi connectivity index (χ1v) is 6.59. The largest absolute Gasteiger partial charge is 0.362 e. The molecule has 16 heavy (non-hydrogen) atoms. The topological polar surface area (TPSA) is 63.3 Å². The third-order valence-electron chi connectivity index (χ3n) is 3.17. The van der Waals surface area contributed by atoms with Crippen LogP contribution in [0.1, 0.15) is 25.1 Å². The Morgan fingerprint density at radius 3 is 3.44 bits per heavy atom. The van der Waals surface area contributed by atoms with Crippen LogP contribution < -0.4 is 5.32 Å². The van der Waals surface area contributed by atoms with Crippen molar-refractivity contribution in [1.82, 2.24) is 15.5 Å². The van der Waals surface area contributed by atoms with E-state index in [0.29, 0.717) is 18.4 Å². The number of aliphatic imine (C=N–C) groups is 1. The Labute approximate surface area is 98.1 Å². The average Bonchev–Trinajstić information content (AvgIpc) is 2.97. The molecule has 1 N–H and O–H groups in total. The van der Waals surface area contributed by atoms with E-state index in [2.05, 4.69) is 25.0 Å². The van der Waals surface area contributed by atoms with Crippen molar-refractivity contribution in [2.75, 3.05) is 5.75 Å². The van der Waals surface area contributed by atoms with Crippen LogP contribution in [0.4, 0.5) is 0 Å². The van der Waals surface area contributed by atoms with Gasteiger partial charge in [0.1, 0.15) is 6.54 Å². The van der Waals surface area contributed by atoms with Gasteiger partial charge in [-0.2, -0.15) is 4.98 Å². The van der Waals surface area contributed by atoms with Gasteiger partial charge in [-0.05, 0) is 18.8 Å². The van der Waals surface area contributed by atoms with Crippen LogP contribution in [-0.2, 0) is 6.54 Å². The Hall–Kier alpha value is -1.04. The normalized spacial score (nSPS) is 31.4. The van der Waals surface area contributed by atoms with Crippen molar-refractivity contribution in [2.45, 2.75) is 31.8 Å². The predicted molar refractivity (Wildman–Crippen MR) is 62.2 cm³/mol. The van der Waals surface area contributed by atoms with Gasteiger partial charge in [0.2, 0.25) is 6.39 Å². The predicted octanol–water partition coefficient (Wildman–Crippen LogP) is 1.43. The number of thioether (sulfide) groups is 1. The van der Waals surface area contributed by atoms with Gasteiger partial charge in [0.15, 0.2) is 11.0 Å². The smallest absolute Gasteiger partial charge is 0.213 e. The summed E-state index contributed by atoms with van der Waals surface area (Å²) < 4.78 is 4.67. The highest BCUT2D eigenvalue weighted by molar-refractivity contribution is 8.13. The van der Waals surface area contributed by atoms with Crippen LogP contribution in [0.15, 0.2) is 15.9 Å². The Morgan fingerprint density at radius 1 is 1.56 bits per heavy atom. The van der Waals surface area contributed by atoms with E-state index in [9.17, 15) is 0 Å². The lowest BCUT2D eigenvalue weighted by molar-refractivity contribution is 0.410. The van der Waals surface area contributed by atoms with Crippen molar-refractivity contribution in [1.29, 1.82) is 0 Å². The molecule has 1 aliphatic carbocycles. The van der Waals surface area contributed by atoms with Gasteiger partial charge in [0.05, 0.1) is 0 Å². The number of hydrogen-bond donors (Lipinski definition) is 1. The summed E-state index contributed by atoms with van der Waals surface area (Å²) in [4.78, 5) is 8.41. The highest BCUT2D eigenvalue weighted by Crippen LogP contribution is 2.32. The first kappa shape index (κ1) is 10.1. The minimum atomic E-state index is 0.503. The van der Waals surface area contributed by atoms with E-state index in [1.165, 1.54) is 31.4 Å². The second kappa shape index (κ2) is 4.45. The average molecular weight is 238 g/mol. The number of hydrogen-bond acceptors (Lipinski definition) is 5. The Kier molecular flexibility index (Phi) is 2.82. The summed E-state index contributed by atoms with van der Waals surface area (Å²) in [6.07, 6.45) is 5.33. The summed E-state index contributed by atoms with van der Waals surface area (Å²) in [5.74, 6) is 2.68. The molecule has 2 fully saturated rings. The van der Waals surface area contributed by atoms with E-state index in [0.717, 1.165) is 11.1 Å². The molecule has 2 atom stereocenters. The molecule has 5 nitrogen and oxygen atoms in total. The molecule has 1 aliphatic heterocycles. The maximum Gasteiger partial charge on any atom is 0.213 e. The van der Waals surface area contributed by atoms with Gasteiger partial charge in [-0.3, -0.25) is 4.99 Å². The minimum Gasteiger partial charge on any atom is -0.362 e. The van der Waals surface area contributed by atoms with Crippen molar-refractivity contribution in [3.05, 3.63) is 12.2 Å². The van der Waals surface area contributed by atoms with Gasteiger partial charge in [0.25, 0.3) is 0 Å². The van der Waals surface area contributed by atoms with E-state index >= 15 is 0 Å². The quantitative estimate of drug-likeness (QED) is 0.844. The van der Waals surface area contributed by atoms with Gasteiger partial charge in [-0.25, -0.2) is 0 Å². The third-order valence-corrected chi connectivity index (χ3v) is 4.29.